The van der Waals surface area contributed by atoms with Crippen molar-refractivity contribution in [1.82, 2.24) is 10.9 Å². The first kappa shape index (κ1) is 21.1. The second-order valence-electron chi connectivity index (χ2n) is 5.09. The topological polar surface area (TPSA) is 76.7 Å². The Hall–Kier alpha value is -2.22. The van der Waals surface area contributed by atoms with Gasteiger partial charge in [0, 0.05) is 5.02 Å². The van der Waals surface area contributed by atoms with Crippen LogP contribution in [0.25, 0.3) is 0 Å². The number of nitrogens with one attached hydrogen (secondary N) is 2. The summed E-state index contributed by atoms with van der Waals surface area (Å²) in [4.78, 5) is 24.2. The molecule has 0 saturated heterocycles. The Bertz CT molecular complexity index is 838. The highest BCUT2D eigenvalue weighted by atomic mass is 79.9. The van der Waals surface area contributed by atoms with Gasteiger partial charge in [0.1, 0.15) is 12.4 Å². The Morgan fingerprint density at radius 3 is 2.59 bits per heavy atom. The lowest BCUT2D eigenvalue weighted by Gasteiger charge is -2.13. The smallest absolute Gasteiger partial charge is 0.276 e. The number of hydrogen-bond donors (Lipinski definition) is 2. The highest BCUT2D eigenvalue weighted by Crippen LogP contribution is 2.35. The van der Waals surface area contributed by atoms with Crippen molar-refractivity contribution in [1.29, 1.82) is 0 Å². The molecule has 2 N–H and O–H groups in total. The fourth-order valence-corrected chi connectivity index (χ4v) is 3.33. The van der Waals surface area contributed by atoms with Gasteiger partial charge in [-0.2, -0.15) is 0 Å². The maximum atomic E-state index is 12.2. The molecule has 0 unspecified atom stereocenters. The quantitative estimate of drug-likeness (QED) is 0.467. The fourth-order valence-electron chi connectivity index (χ4n) is 1.96. The Kier molecular flexibility index (Phi) is 7.97. The Morgan fingerprint density at radius 1 is 1.15 bits per heavy atom. The summed E-state index contributed by atoms with van der Waals surface area (Å²) < 4.78 is 11.3. The molecule has 27 heavy (non-hydrogen) atoms. The van der Waals surface area contributed by atoms with Crippen molar-refractivity contribution in [3.05, 3.63) is 69.1 Å². The number of carbonyl (C=O) groups is 2. The minimum absolute atomic E-state index is 0.250. The predicted octanol–water partition coefficient (Wildman–Crippen LogP) is 4.16. The van der Waals surface area contributed by atoms with Crippen molar-refractivity contribution in [3.8, 4) is 11.5 Å². The van der Waals surface area contributed by atoms with Crippen LogP contribution in [0.1, 0.15) is 10.4 Å². The summed E-state index contributed by atoms with van der Waals surface area (Å²) in [6.45, 7) is 3.44. The summed E-state index contributed by atoms with van der Waals surface area (Å²) >= 11 is 15.1. The molecule has 0 heterocycles. The molecule has 6 nitrogen and oxygen atoms in total. The van der Waals surface area contributed by atoms with E-state index >= 15 is 0 Å². The van der Waals surface area contributed by atoms with Gasteiger partial charge >= 0.3 is 0 Å². The van der Waals surface area contributed by atoms with Gasteiger partial charge in [-0.3, -0.25) is 20.4 Å². The van der Waals surface area contributed by atoms with Crippen LogP contribution in [0.3, 0.4) is 0 Å². The van der Waals surface area contributed by atoms with Crippen LogP contribution in [-0.2, 0) is 4.79 Å². The SMILES string of the molecule is C=CCOc1ccccc1C(=O)NNC(=O)COc1c(Cl)cc(Cl)cc1Br. The lowest BCUT2D eigenvalue weighted by Crippen LogP contribution is -2.44. The van der Waals surface area contributed by atoms with Gasteiger partial charge in [0.25, 0.3) is 11.8 Å². The molecule has 9 heteroatoms. The number of halogens is 3. The number of hydrogen-bond acceptors (Lipinski definition) is 4. The summed E-state index contributed by atoms with van der Waals surface area (Å²) in [5, 5.41) is 0.674. The van der Waals surface area contributed by atoms with Crippen LogP contribution < -0.4 is 20.3 Å². The van der Waals surface area contributed by atoms with Gasteiger partial charge in [-0.1, -0.05) is 48.0 Å². The number of benzene rings is 2. The van der Waals surface area contributed by atoms with Gasteiger partial charge < -0.3 is 9.47 Å². The molecule has 0 saturated carbocycles. The summed E-state index contributed by atoms with van der Waals surface area (Å²) in [5.74, 6) is -0.470. The zero-order valence-electron chi connectivity index (χ0n) is 13.9. The normalized spacial score (nSPS) is 10.0. The number of amides is 2. The lowest BCUT2D eigenvalue weighted by molar-refractivity contribution is -0.123. The molecule has 0 bridgehead atoms. The van der Waals surface area contributed by atoms with Gasteiger partial charge in [0.2, 0.25) is 0 Å². The number of ether oxygens (including phenoxy) is 2. The van der Waals surface area contributed by atoms with Crippen LogP contribution in [0.15, 0.2) is 53.5 Å². The number of para-hydroxylation sites is 1. The maximum Gasteiger partial charge on any atom is 0.276 e. The molecule has 2 aromatic carbocycles. The van der Waals surface area contributed by atoms with Gasteiger partial charge in [-0.05, 0) is 40.2 Å². The first-order valence-electron chi connectivity index (χ1n) is 7.61. The van der Waals surface area contributed by atoms with Crippen LogP contribution >= 0.6 is 39.1 Å². The van der Waals surface area contributed by atoms with E-state index in [0.29, 0.717) is 15.2 Å². The van der Waals surface area contributed by atoms with E-state index in [2.05, 4.69) is 33.4 Å². The first-order chi connectivity index (χ1) is 12.9. The second kappa shape index (κ2) is 10.2. The number of rotatable bonds is 7. The van der Waals surface area contributed by atoms with Crippen LogP contribution in [-0.4, -0.2) is 25.0 Å². The zero-order chi connectivity index (χ0) is 19.8. The molecule has 2 amide bonds. The summed E-state index contributed by atoms with van der Waals surface area (Å²) in [7, 11) is 0. The summed E-state index contributed by atoms with van der Waals surface area (Å²) in [6, 6.07) is 9.70. The average Bonchev–Trinajstić information content (AvgIpc) is 2.63. The molecule has 0 aliphatic rings. The van der Waals surface area contributed by atoms with Crippen LogP contribution in [0, 0.1) is 0 Å². The molecule has 0 fully saturated rings. The molecule has 2 aromatic rings. The van der Waals surface area contributed by atoms with E-state index in [-0.39, 0.29) is 29.5 Å². The Labute approximate surface area is 174 Å². The molecule has 0 aliphatic carbocycles. The van der Waals surface area contributed by atoms with Crippen LogP contribution in [0.4, 0.5) is 0 Å². The predicted molar refractivity (Wildman–Crippen MR) is 107 cm³/mol. The van der Waals surface area contributed by atoms with E-state index in [1.807, 2.05) is 0 Å². The third kappa shape index (κ3) is 6.16. The van der Waals surface area contributed by atoms with Crippen molar-refractivity contribution in [2.75, 3.05) is 13.2 Å². The molecule has 142 valence electrons. The third-order valence-corrected chi connectivity index (χ3v) is 4.20. The third-order valence-electron chi connectivity index (χ3n) is 3.11. The maximum absolute atomic E-state index is 12.2. The van der Waals surface area contributed by atoms with Crippen molar-refractivity contribution < 1.29 is 19.1 Å². The van der Waals surface area contributed by atoms with Gasteiger partial charge in [-0.25, -0.2) is 0 Å². The highest BCUT2D eigenvalue weighted by molar-refractivity contribution is 9.10. The first-order valence-corrected chi connectivity index (χ1v) is 9.16. The van der Waals surface area contributed by atoms with E-state index in [1.54, 1.807) is 36.4 Å². The molecule has 0 aromatic heterocycles. The highest BCUT2D eigenvalue weighted by Gasteiger charge is 2.14. The Balaban J connectivity index is 1.91. The standard InChI is InChI=1S/C18H15BrCl2N2O4/c1-2-7-26-15-6-4-3-5-12(15)18(25)23-22-16(24)10-27-17-13(19)8-11(20)9-14(17)21/h2-6,8-9H,1,7,10H2,(H,22,24)(H,23,25). The van der Waals surface area contributed by atoms with Crippen molar-refractivity contribution >= 4 is 50.9 Å². The van der Waals surface area contributed by atoms with Crippen LogP contribution in [0.2, 0.25) is 10.0 Å². The van der Waals surface area contributed by atoms with E-state index in [4.69, 9.17) is 32.7 Å². The van der Waals surface area contributed by atoms with E-state index in [1.165, 1.54) is 6.07 Å². The molecular formula is C18H15BrCl2N2O4. The summed E-state index contributed by atoms with van der Waals surface area (Å²) in [6.07, 6.45) is 1.56. The van der Waals surface area contributed by atoms with E-state index in [9.17, 15) is 9.59 Å². The zero-order valence-corrected chi connectivity index (χ0v) is 17.0. The number of carbonyl (C=O) groups excluding carboxylic acids is 2. The van der Waals surface area contributed by atoms with Crippen LogP contribution in [0.5, 0.6) is 11.5 Å². The largest absolute Gasteiger partial charge is 0.489 e. The van der Waals surface area contributed by atoms with Crippen molar-refractivity contribution in [2.45, 2.75) is 0 Å². The van der Waals surface area contributed by atoms with Gasteiger partial charge in [-0.15, -0.1) is 0 Å². The van der Waals surface area contributed by atoms with Crippen molar-refractivity contribution in [3.63, 3.8) is 0 Å². The van der Waals surface area contributed by atoms with Crippen molar-refractivity contribution in [2.24, 2.45) is 0 Å². The molecule has 0 aliphatic heterocycles. The van der Waals surface area contributed by atoms with Gasteiger partial charge in [0.15, 0.2) is 12.4 Å². The second-order valence-corrected chi connectivity index (χ2v) is 6.78. The molecule has 0 atom stereocenters. The average molecular weight is 474 g/mol. The minimum atomic E-state index is -0.578. The van der Waals surface area contributed by atoms with E-state index < -0.39 is 11.8 Å². The Morgan fingerprint density at radius 2 is 1.89 bits per heavy atom. The monoisotopic (exact) mass is 472 g/mol. The van der Waals surface area contributed by atoms with Gasteiger partial charge in [0.05, 0.1) is 15.1 Å². The van der Waals surface area contributed by atoms with E-state index in [0.717, 1.165) is 0 Å². The molecular weight excluding hydrogens is 459 g/mol. The molecule has 0 radical (unpaired) electrons. The molecule has 0 spiro atoms. The summed E-state index contributed by atoms with van der Waals surface area (Å²) in [5.41, 5.74) is 4.83. The lowest BCUT2D eigenvalue weighted by atomic mass is 10.2. The fraction of sp³-hybridized carbons (Fsp3) is 0.111. The number of hydrazine groups is 1. The molecule has 2 rings (SSSR count). The minimum Gasteiger partial charge on any atom is -0.489 e.